The Morgan fingerprint density at radius 1 is 1.23 bits per heavy atom. The number of benzene rings is 1. The van der Waals surface area contributed by atoms with E-state index >= 15 is 0 Å². The minimum atomic E-state index is -3.46. The van der Waals surface area contributed by atoms with Crippen molar-refractivity contribution in [1.82, 2.24) is 9.62 Å². The van der Waals surface area contributed by atoms with Gasteiger partial charge in [-0.25, -0.2) is 8.42 Å². The van der Waals surface area contributed by atoms with Crippen LogP contribution >= 0.6 is 11.3 Å². The van der Waals surface area contributed by atoms with Gasteiger partial charge in [0.05, 0.1) is 4.90 Å². The van der Waals surface area contributed by atoms with Crippen molar-refractivity contribution >= 4 is 27.3 Å². The highest BCUT2D eigenvalue weighted by molar-refractivity contribution is 7.89. The number of rotatable bonds is 5. The smallest absolute Gasteiger partial charge is 0.252 e. The molecule has 1 aromatic heterocycles. The van der Waals surface area contributed by atoms with Gasteiger partial charge in [-0.15, -0.1) is 0 Å². The van der Waals surface area contributed by atoms with Crippen LogP contribution in [-0.4, -0.2) is 38.3 Å². The first-order valence-corrected chi connectivity index (χ1v) is 11.1. The van der Waals surface area contributed by atoms with Crippen molar-refractivity contribution in [2.45, 2.75) is 31.6 Å². The van der Waals surface area contributed by atoms with Gasteiger partial charge in [0.15, 0.2) is 0 Å². The van der Waals surface area contributed by atoms with Crippen LogP contribution in [0.15, 0.2) is 39.9 Å². The van der Waals surface area contributed by atoms with E-state index in [0.717, 1.165) is 24.0 Å². The number of aryl methyl sites for hydroxylation is 2. The quantitative estimate of drug-likeness (QED) is 0.850. The Hall–Kier alpha value is -1.70. The summed E-state index contributed by atoms with van der Waals surface area (Å²) in [6.45, 7) is 5.31. The number of piperidine rings is 1. The van der Waals surface area contributed by atoms with Gasteiger partial charge in [0, 0.05) is 30.6 Å². The molecule has 2 heterocycles. The van der Waals surface area contributed by atoms with Crippen LogP contribution in [0.3, 0.4) is 0 Å². The molecule has 140 valence electrons. The molecule has 0 bridgehead atoms. The summed E-state index contributed by atoms with van der Waals surface area (Å²) in [6, 6.07) is 7.34. The van der Waals surface area contributed by atoms with E-state index < -0.39 is 10.0 Å². The van der Waals surface area contributed by atoms with E-state index in [1.54, 1.807) is 16.4 Å². The third-order valence-corrected chi connectivity index (χ3v) is 7.59. The lowest BCUT2D eigenvalue weighted by Gasteiger charge is -2.31. The predicted octanol–water partition coefficient (Wildman–Crippen LogP) is 3.20. The van der Waals surface area contributed by atoms with Gasteiger partial charge in [-0.2, -0.15) is 15.6 Å². The summed E-state index contributed by atoms with van der Waals surface area (Å²) in [7, 11) is -3.46. The fourth-order valence-electron chi connectivity index (χ4n) is 3.21. The van der Waals surface area contributed by atoms with Crippen LogP contribution in [0.2, 0.25) is 0 Å². The number of thiophene rings is 1. The zero-order valence-corrected chi connectivity index (χ0v) is 16.7. The molecule has 1 aromatic carbocycles. The van der Waals surface area contributed by atoms with Crippen molar-refractivity contribution in [3.8, 4) is 0 Å². The van der Waals surface area contributed by atoms with E-state index in [-0.39, 0.29) is 5.91 Å². The van der Waals surface area contributed by atoms with Crippen LogP contribution in [0.5, 0.6) is 0 Å². The molecule has 26 heavy (non-hydrogen) atoms. The number of amides is 1. The Balaban J connectivity index is 1.58. The van der Waals surface area contributed by atoms with Crippen molar-refractivity contribution < 1.29 is 13.2 Å². The highest BCUT2D eigenvalue weighted by Gasteiger charge is 2.30. The lowest BCUT2D eigenvalue weighted by Crippen LogP contribution is -2.41. The van der Waals surface area contributed by atoms with Crippen molar-refractivity contribution in [1.29, 1.82) is 0 Å². The average Bonchev–Trinajstić information content (AvgIpc) is 3.17. The molecule has 7 heteroatoms. The molecule has 0 unspecified atom stereocenters. The summed E-state index contributed by atoms with van der Waals surface area (Å²) in [5, 5.41) is 6.66. The van der Waals surface area contributed by atoms with Gasteiger partial charge in [0.25, 0.3) is 5.91 Å². The molecule has 0 radical (unpaired) electrons. The highest BCUT2D eigenvalue weighted by Crippen LogP contribution is 2.26. The molecule has 1 aliphatic rings. The summed E-state index contributed by atoms with van der Waals surface area (Å²) >= 11 is 1.50. The van der Waals surface area contributed by atoms with E-state index in [9.17, 15) is 13.2 Å². The van der Waals surface area contributed by atoms with Gasteiger partial charge in [-0.05, 0) is 61.2 Å². The van der Waals surface area contributed by atoms with E-state index in [0.29, 0.717) is 36.0 Å². The molecule has 1 amide bonds. The zero-order valence-electron chi connectivity index (χ0n) is 15.1. The minimum Gasteiger partial charge on any atom is -0.352 e. The minimum absolute atomic E-state index is 0.0586. The van der Waals surface area contributed by atoms with Crippen molar-refractivity contribution in [3.63, 3.8) is 0 Å². The number of sulfonamides is 1. The fourth-order valence-corrected chi connectivity index (χ4v) is 5.63. The summed E-state index contributed by atoms with van der Waals surface area (Å²) in [6.07, 6.45) is 1.52. The predicted molar refractivity (Wildman–Crippen MR) is 104 cm³/mol. The van der Waals surface area contributed by atoms with Crippen molar-refractivity contribution in [2.24, 2.45) is 5.92 Å². The van der Waals surface area contributed by atoms with Crippen LogP contribution in [0.1, 0.15) is 34.3 Å². The number of hydrogen-bond acceptors (Lipinski definition) is 4. The Bertz CT molecular complexity index is 868. The second-order valence-electron chi connectivity index (χ2n) is 6.84. The number of nitrogens with zero attached hydrogens (tertiary/aromatic N) is 1. The van der Waals surface area contributed by atoms with Crippen LogP contribution in [0.4, 0.5) is 0 Å². The number of nitrogens with one attached hydrogen (secondary N) is 1. The van der Waals surface area contributed by atoms with Gasteiger partial charge in [0.1, 0.15) is 0 Å². The fraction of sp³-hybridized carbons (Fsp3) is 0.421. The molecule has 1 saturated heterocycles. The maximum absolute atomic E-state index is 12.9. The monoisotopic (exact) mass is 392 g/mol. The molecule has 5 nitrogen and oxygen atoms in total. The molecular formula is C19H24N2O3S2. The summed E-state index contributed by atoms with van der Waals surface area (Å²) in [4.78, 5) is 12.4. The molecule has 0 atom stereocenters. The third kappa shape index (κ3) is 4.16. The highest BCUT2D eigenvalue weighted by atomic mass is 32.2. The molecular weight excluding hydrogens is 368 g/mol. The van der Waals surface area contributed by atoms with E-state index in [4.69, 9.17) is 0 Å². The largest absolute Gasteiger partial charge is 0.352 e. The second kappa shape index (κ2) is 7.90. The number of carbonyl (C=O) groups excluding carboxylic acids is 1. The van der Waals surface area contributed by atoms with Crippen molar-refractivity contribution in [2.75, 3.05) is 19.6 Å². The lowest BCUT2D eigenvalue weighted by molar-refractivity contribution is 0.0942. The van der Waals surface area contributed by atoms with Crippen LogP contribution in [0.25, 0.3) is 0 Å². The molecule has 1 N–H and O–H groups in total. The van der Waals surface area contributed by atoms with Crippen LogP contribution < -0.4 is 5.32 Å². The molecule has 1 aliphatic heterocycles. The van der Waals surface area contributed by atoms with E-state index in [1.807, 2.05) is 36.7 Å². The van der Waals surface area contributed by atoms with Gasteiger partial charge < -0.3 is 5.32 Å². The summed E-state index contributed by atoms with van der Waals surface area (Å²) in [5.41, 5.74) is 2.41. The molecule has 3 rings (SSSR count). The lowest BCUT2D eigenvalue weighted by atomic mass is 9.98. The molecule has 0 saturated carbocycles. The van der Waals surface area contributed by atoms with Gasteiger partial charge in [-0.1, -0.05) is 12.1 Å². The SMILES string of the molecule is Cc1ccc(C)c(S(=O)(=O)N2CCC(CNC(=O)c3ccsc3)CC2)c1. The second-order valence-corrected chi connectivity index (χ2v) is 9.52. The average molecular weight is 393 g/mol. The van der Waals surface area contributed by atoms with Crippen molar-refractivity contribution in [3.05, 3.63) is 51.7 Å². The molecule has 2 aromatic rings. The molecule has 1 fully saturated rings. The Morgan fingerprint density at radius 3 is 2.62 bits per heavy atom. The van der Waals surface area contributed by atoms with Crippen LogP contribution in [-0.2, 0) is 10.0 Å². The number of hydrogen-bond donors (Lipinski definition) is 1. The first-order valence-electron chi connectivity index (χ1n) is 8.76. The van der Waals surface area contributed by atoms with E-state index in [1.165, 1.54) is 11.3 Å². The van der Waals surface area contributed by atoms with E-state index in [2.05, 4.69) is 5.32 Å². The Morgan fingerprint density at radius 2 is 1.96 bits per heavy atom. The third-order valence-electron chi connectivity index (χ3n) is 4.87. The first-order chi connectivity index (χ1) is 12.4. The summed E-state index contributed by atoms with van der Waals surface area (Å²) in [5.74, 6) is 0.249. The maximum atomic E-state index is 12.9. The Labute approximate surface area is 159 Å². The van der Waals surface area contributed by atoms with Crippen LogP contribution in [0, 0.1) is 19.8 Å². The standard InChI is InChI=1S/C19H24N2O3S2/c1-14-3-4-15(2)18(11-14)26(23,24)21-8-5-16(6-9-21)12-20-19(22)17-7-10-25-13-17/h3-4,7,10-11,13,16H,5-6,8-9,12H2,1-2H3,(H,20,22). The topological polar surface area (TPSA) is 66.5 Å². The summed E-state index contributed by atoms with van der Waals surface area (Å²) < 4.78 is 27.5. The number of carbonyl (C=O) groups is 1. The molecule has 0 spiro atoms. The normalized spacial score (nSPS) is 16.5. The zero-order chi connectivity index (χ0) is 18.7. The molecule has 0 aliphatic carbocycles. The maximum Gasteiger partial charge on any atom is 0.252 e. The van der Waals surface area contributed by atoms with Gasteiger partial charge >= 0.3 is 0 Å². The first kappa shape index (κ1) is 19.1. The van der Waals surface area contributed by atoms with Gasteiger partial charge in [-0.3, -0.25) is 4.79 Å². The van der Waals surface area contributed by atoms with Gasteiger partial charge in [0.2, 0.25) is 10.0 Å². The Kier molecular flexibility index (Phi) is 5.79.